The van der Waals surface area contributed by atoms with Gasteiger partial charge in [0.25, 0.3) is 5.91 Å². The minimum atomic E-state index is -0.726. The molecule has 42 heavy (non-hydrogen) atoms. The van der Waals surface area contributed by atoms with E-state index in [9.17, 15) is 19.5 Å². The number of likely N-dealkylation sites (tertiary alicyclic amines) is 1. The fraction of sp³-hybridized carbons (Fsp3) is 0.500. The molecule has 2 aromatic carbocycles. The summed E-state index contributed by atoms with van der Waals surface area (Å²) in [5, 5.41) is 11.5. The summed E-state index contributed by atoms with van der Waals surface area (Å²) in [5.41, 5.74) is 0.752. The smallest absolute Gasteiger partial charge is 0.310 e. The Morgan fingerprint density at radius 1 is 1.12 bits per heavy atom. The van der Waals surface area contributed by atoms with Gasteiger partial charge in [0.1, 0.15) is 6.04 Å². The lowest BCUT2D eigenvalue weighted by molar-refractivity contribution is -0.154. The Morgan fingerprint density at radius 3 is 2.64 bits per heavy atom. The molecule has 5 rings (SSSR count). The maximum absolute atomic E-state index is 14.8. The summed E-state index contributed by atoms with van der Waals surface area (Å²) in [5.74, 6) is -1.72. The van der Waals surface area contributed by atoms with Crippen LogP contribution in [0.3, 0.4) is 0 Å². The molecule has 224 valence electrons. The van der Waals surface area contributed by atoms with E-state index in [2.05, 4.69) is 20.1 Å². The molecule has 0 aliphatic carbocycles. The third kappa shape index (κ3) is 5.28. The van der Waals surface area contributed by atoms with Crippen LogP contribution in [-0.4, -0.2) is 70.1 Å². The average Bonchev–Trinajstić information content (AvgIpc) is 3.59. The standard InChI is InChI=1S/C34H42N2O5S/c1-4-6-7-12-20-41-33(40)28-27-21-23(3)34(42-27)29(28)31(38)36(18-10-11-19-37)30(34)32(39)35(17-5-2)26-16-15-24-13-8-9-14-25(24)22-26/h4-5,8-9,13-16,22-23,27-30,37H,1-2,6-7,10-12,17-21H2,3H3/t23?,27-,28+,29-,30?,34?/m0/s1. The van der Waals surface area contributed by atoms with Gasteiger partial charge < -0.3 is 19.6 Å². The van der Waals surface area contributed by atoms with Crippen molar-refractivity contribution in [2.24, 2.45) is 17.8 Å². The summed E-state index contributed by atoms with van der Waals surface area (Å²) < 4.78 is 5.02. The number of unbranched alkanes of at least 4 members (excludes halogenated alkanes) is 3. The molecule has 2 bridgehead atoms. The van der Waals surface area contributed by atoms with Gasteiger partial charge in [0.15, 0.2) is 0 Å². The van der Waals surface area contributed by atoms with Crippen molar-refractivity contribution in [3.63, 3.8) is 0 Å². The number of carbonyl (C=O) groups excluding carboxylic acids is 3. The van der Waals surface area contributed by atoms with Gasteiger partial charge in [-0.2, -0.15) is 0 Å². The van der Waals surface area contributed by atoms with Crippen LogP contribution in [0.1, 0.15) is 45.4 Å². The van der Waals surface area contributed by atoms with Crippen molar-refractivity contribution in [2.75, 3.05) is 31.2 Å². The number of anilines is 1. The van der Waals surface area contributed by atoms with Crippen LogP contribution in [0.4, 0.5) is 5.69 Å². The van der Waals surface area contributed by atoms with Crippen molar-refractivity contribution in [2.45, 2.75) is 61.5 Å². The second kappa shape index (κ2) is 13.0. The molecule has 3 aliphatic rings. The molecule has 0 aromatic heterocycles. The number of allylic oxidation sites excluding steroid dienone is 1. The predicted octanol–water partition coefficient (Wildman–Crippen LogP) is 5.37. The number of aliphatic hydroxyl groups excluding tert-OH is 1. The van der Waals surface area contributed by atoms with Crippen LogP contribution in [0.15, 0.2) is 67.8 Å². The molecule has 3 unspecified atom stereocenters. The Morgan fingerprint density at radius 2 is 1.90 bits per heavy atom. The molecule has 8 heteroatoms. The summed E-state index contributed by atoms with van der Waals surface area (Å²) in [6.07, 6.45) is 7.95. The van der Waals surface area contributed by atoms with E-state index in [-0.39, 0.29) is 35.6 Å². The van der Waals surface area contributed by atoms with Crippen LogP contribution in [0.5, 0.6) is 0 Å². The number of hydrogen-bond acceptors (Lipinski definition) is 6. The zero-order valence-corrected chi connectivity index (χ0v) is 25.3. The van der Waals surface area contributed by atoms with E-state index in [1.807, 2.05) is 48.5 Å². The number of esters is 1. The van der Waals surface area contributed by atoms with E-state index in [0.717, 1.165) is 42.1 Å². The predicted molar refractivity (Wildman–Crippen MR) is 168 cm³/mol. The molecular formula is C34H42N2O5S. The van der Waals surface area contributed by atoms with Gasteiger partial charge in [0.05, 0.1) is 23.2 Å². The van der Waals surface area contributed by atoms with Crippen molar-refractivity contribution in [3.8, 4) is 0 Å². The molecule has 0 saturated carbocycles. The zero-order chi connectivity index (χ0) is 29.9. The topological polar surface area (TPSA) is 87.2 Å². The Balaban J connectivity index is 1.50. The van der Waals surface area contributed by atoms with E-state index in [1.165, 1.54) is 0 Å². The van der Waals surface area contributed by atoms with Crippen molar-refractivity contribution < 1.29 is 24.2 Å². The molecule has 2 aromatic rings. The van der Waals surface area contributed by atoms with E-state index >= 15 is 0 Å². The van der Waals surface area contributed by atoms with Gasteiger partial charge in [0, 0.05) is 30.6 Å². The first-order valence-corrected chi connectivity index (χ1v) is 16.0. The maximum atomic E-state index is 14.8. The summed E-state index contributed by atoms with van der Waals surface area (Å²) >= 11 is 1.66. The monoisotopic (exact) mass is 590 g/mol. The maximum Gasteiger partial charge on any atom is 0.310 e. The number of benzene rings is 2. The van der Waals surface area contributed by atoms with Crippen LogP contribution >= 0.6 is 11.8 Å². The Bertz CT molecular complexity index is 1350. The molecule has 7 nitrogen and oxygen atoms in total. The van der Waals surface area contributed by atoms with Crippen molar-refractivity contribution in [3.05, 3.63) is 67.8 Å². The molecule has 1 spiro atoms. The number of thioether (sulfide) groups is 1. The number of hydrogen-bond donors (Lipinski definition) is 1. The van der Waals surface area contributed by atoms with Crippen LogP contribution in [0.25, 0.3) is 10.8 Å². The van der Waals surface area contributed by atoms with Crippen LogP contribution in [0.2, 0.25) is 0 Å². The van der Waals surface area contributed by atoms with Gasteiger partial charge in [-0.05, 0) is 67.3 Å². The first-order valence-electron chi connectivity index (χ1n) is 15.2. The normalized spacial score (nSPS) is 27.7. The summed E-state index contributed by atoms with van der Waals surface area (Å²) in [6, 6.07) is 13.3. The molecule has 3 saturated heterocycles. The lowest BCUT2D eigenvalue weighted by Crippen LogP contribution is -2.57. The molecular weight excluding hydrogens is 548 g/mol. The van der Waals surface area contributed by atoms with Gasteiger partial charge in [-0.15, -0.1) is 24.9 Å². The lowest BCUT2D eigenvalue weighted by Gasteiger charge is -2.40. The first kappa shape index (κ1) is 30.4. The van der Waals surface area contributed by atoms with Crippen LogP contribution < -0.4 is 4.90 Å². The highest BCUT2D eigenvalue weighted by molar-refractivity contribution is 8.02. The third-order valence-electron chi connectivity index (χ3n) is 9.23. The summed E-state index contributed by atoms with van der Waals surface area (Å²) in [4.78, 5) is 46.0. The number of aliphatic hydroxyl groups is 1. The second-order valence-electron chi connectivity index (χ2n) is 11.7. The van der Waals surface area contributed by atoms with E-state index in [1.54, 1.807) is 27.6 Å². The second-order valence-corrected chi connectivity index (χ2v) is 13.3. The molecule has 0 radical (unpaired) electrons. The molecule has 6 atom stereocenters. The third-order valence-corrected chi connectivity index (χ3v) is 11.3. The number of nitrogens with zero attached hydrogens (tertiary/aromatic N) is 2. The van der Waals surface area contributed by atoms with Gasteiger partial charge in [-0.1, -0.05) is 49.4 Å². The summed E-state index contributed by atoms with van der Waals surface area (Å²) in [6.45, 7) is 10.8. The Kier molecular flexibility index (Phi) is 9.43. The zero-order valence-electron chi connectivity index (χ0n) is 24.5. The Hall–Kier alpha value is -3.10. The highest BCUT2D eigenvalue weighted by atomic mass is 32.2. The quantitative estimate of drug-likeness (QED) is 0.181. The number of fused-ring (bicyclic) bond motifs is 2. The van der Waals surface area contributed by atoms with Crippen molar-refractivity contribution >= 4 is 46.0 Å². The van der Waals surface area contributed by atoms with Gasteiger partial charge >= 0.3 is 5.97 Å². The van der Waals surface area contributed by atoms with E-state index in [4.69, 9.17) is 4.74 Å². The highest BCUT2D eigenvalue weighted by Gasteiger charge is 2.76. The SMILES string of the molecule is C=CCCCCOC(=O)[C@@H]1[C@@H]2CC(C)C3(S2)C(C(=O)N(CC=C)c2ccc4ccccc4c2)N(CCCCO)C(=O)[C@H]13. The van der Waals surface area contributed by atoms with Crippen LogP contribution in [0, 0.1) is 17.8 Å². The highest BCUT2D eigenvalue weighted by Crippen LogP contribution is 2.68. The van der Waals surface area contributed by atoms with Gasteiger partial charge in [0.2, 0.25) is 5.91 Å². The number of rotatable bonds is 14. The van der Waals surface area contributed by atoms with Gasteiger partial charge in [-0.25, -0.2) is 0 Å². The minimum Gasteiger partial charge on any atom is -0.465 e. The molecule has 1 N–H and O–H groups in total. The van der Waals surface area contributed by atoms with Crippen LogP contribution in [-0.2, 0) is 19.1 Å². The summed E-state index contributed by atoms with van der Waals surface area (Å²) in [7, 11) is 0. The van der Waals surface area contributed by atoms with E-state index in [0.29, 0.717) is 32.5 Å². The molecule has 2 amide bonds. The minimum absolute atomic E-state index is 0.0168. The number of ether oxygens (including phenoxy) is 1. The van der Waals surface area contributed by atoms with Gasteiger partial charge in [-0.3, -0.25) is 14.4 Å². The van der Waals surface area contributed by atoms with Crippen molar-refractivity contribution in [1.82, 2.24) is 4.90 Å². The molecule has 3 fully saturated rings. The molecule has 3 aliphatic heterocycles. The number of carbonyl (C=O) groups is 3. The number of amides is 2. The van der Waals surface area contributed by atoms with Crippen molar-refractivity contribution in [1.29, 1.82) is 0 Å². The molecule has 3 heterocycles. The fourth-order valence-corrected chi connectivity index (χ4v) is 9.71. The first-order chi connectivity index (χ1) is 20.4. The lowest BCUT2D eigenvalue weighted by atomic mass is 9.66. The fourth-order valence-electron chi connectivity index (χ4n) is 7.31. The Labute approximate surface area is 253 Å². The van der Waals surface area contributed by atoms with E-state index < -0.39 is 22.6 Å². The average molecular weight is 591 g/mol. The largest absolute Gasteiger partial charge is 0.465 e.